The zero-order chi connectivity index (χ0) is 32.9. The Bertz CT molecular complexity index is 1670. The first-order valence-electron chi connectivity index (χ1n) is 15.0. The van der Waals surface area contributed by atoms with Gasteiger partial charge in [0, 0.05) is 36.5 Å². The fraction of sp³-hybridized carbons (Fsp3) is 0.438. The van der Waals surface area contributed by atoms with Crippen molar-refractivity contribution in [1.29, 1.82) is 0 Å². The number of amides is 1. The Morgan fingerprint density at radius 1 is 1.09 bits per heavy atom. The molecule has 0 saturated carbocycles. The maximum Gasteiger partial charge on any atom is 0.327 e. The molecule has 1 amide bonds. The van der Waals surface area contributed by atoms with E-state index in [1.54, 1.807) is 12.1 Å². The Hall–Kier alpha value is -4.34. The fourth-order valence-corrected chi connectivity index (χ4v) is 6.64. The van der Waals surface area contributed by atoms with Crippen LogP contribution in [0.25, 0.3) is 6.08 Å². The van der Waals surface area contributed by atoms with Crippen molar-refractivity contribution in [3.63, 3.8) is 0 Å². The summed E-state index contributed by atoms with van der Waals surface area (Å²) in [7, 11) is 0. The lowest BCUT2D eigenvalue weighted by molar-refractivity contribution is -0.342. The Kier molecular flexibility index (Phi) is 8.33. The van der Waals surface area contributed by atoms with Crippen molar-refractivity contribution >= 4 is 35.1 Å². The number of anilines is 1. The topological polar surface area (TPSA) is 222 Å². The third-order valence-electron chi connectivity index (χ3n) is 9.00. The van der Waals surface area contributed by atoms with Gasteiger partial charge in [-0.05, 0) is 48.2 Å². The summed E-state index contributed by atoms with van der Waals surface area (Å²) < 4.78 is 11.7. The average molecular weight is 638 g/mol. The summed E-state index contributed by atoms with van der Waals surface area (Å²) in [4.78, 5) is 35.9. The molecule has 1 spiro atoms. The second kappa shape index (κ2) is 12.1. The highest BCUT2D eigenvalue weighted by molar-refractivity contribution is 6.43. The summed E-state index contributed by atoms with van der Waals surface area (Å²) in [6, 6.07) is 4.84. The number of aliphatic carboxylic acids is 1. The van der Waals surface area contributed by atoms with Crippen LogP contribution in [0.15, 0.2) is 40.3 Å². The summed E-state index contributed by atoms with van der Waals surface area (Å²) >= 11 is 0. The van der Waals surface area contributed by atoms with Crippen LogP contribution >= 0.6 is 0 Å². The molecule has 0 aromatic heterocycles. The molecular formula is C32H35N3O11. The fourth-order valence-electron chi connectivity index (χ4n) is 6.64. The van der Waals surface area contributed by atoms with E-state index in [1.165, 1.54) is 24.3 Å². The lowest BCUT2D eigenvalue weighted by atomic mass is 9.86. The number of hydrogen-bond acceptors (Lipinski definition) is 12. The van der Waals surface area contributed by atoms with Crippen LogP contribution in [0.3, 0.4) is 0 Å². The molecule has 0 radical (unpaired) electrons. The Morgan fingerprint density at radius 2 is 1.85 bits per heavy atom. The number of aliphatic hydroxyl groups is 4. The van der Waals surface area contributed by atoms with Gasteiger partial charge >= 0.3 is 5.97 Å². The van der Waals surface area contributed by atoms with E-state index in [0.29, 0.717) is 41.8 Å². The van der Waals surface area contributed by atoms with Crippen LogP contribution in [0.5, 0.6) is 17.2 Å². The monoisotopic (exact) mass is 637 g/mol. The van der Waals surface area contributed by atoms with Crippen LogP contribution in [-0.4, -0.2) is 109 Å². The minimum atomic E-state index is -1.94. The first-order chi connectivity index (χ1) is 22.0. The van der Waals surface area contributed by atoms with Crippen molar-refractivity contribution in [3.05, 3.63) is 52.6 Å². The van der Waals surface area contributed by atoms with Crippen LogP contribution in [0.4, 0.5) is 5.69 Å². The standard InChI is InChI=1S/C32H35N3O11/c1-2-19-20(34-14-33-19)10-16-9-15(3-5-22(16)37)4-6-25(39)35-21(31(43)44)11-17-12-23(38)29-18(26(17)35)7-8-32(46-29)30(42)28(41)27(40)24(13-36)45-32/h3-6,9,12,21,24,27-28,30,36-38,40-42H,2,7-8,10-11,13-14H2,1H3,(H,43,44)/b6-4+/t21-,24-,27-,28+,30-,32+/m1/s1. The van der Waals surface area contributed by atoms with E-state index in [2.05, 4.69) is 9.98 Å². The smallest absolute Gasteiger partial charge is 0.327 e. The van der Waals surface area contributed by atoms with E-state index in [0.717, 1.165) is 16.3 Å². The molecule has 0 bridgehead atoms. The Morgan fingerprint density at radius 3 is 2.57 bits per heavy atom. The molecule has 4 aliphatic rings. The average Bonchev–Trinajstić information content (AvgIpc) is 3.66. The van der Waals surface area contributed by atoms with Gasteiger partial charge in [-0.1, -0.05) is 13.0 Å². The third kappa shape index (κ3) is 5.31. The lowest BCUT2D eigenvalue weighted by Crippen LogP contribution is -2.68. The van der Waals surface area contributed by atoms with Crippen LogP contribution in [0.2, 0.25) is 0 Å². The maximum atomic E-state index is 13.7. The minimum Gasteiger partial charge on any atom is -0.508 e. The number of rotatable bonds is 7. The first-order valence-corrected chi connectivity index (χ1v) is 15.0. The summed E-state index contributed by atoms with van der Waals surface area (Å²) in [6.07, 6.45) is -2.71. The summed E-state index contributed by atoms with van der Waals surface area (Å²) in [6.45, 7) is 1.65. The molecule has 1 fully saturated rings. The summed E-state index contributed by atoms with van der Waals surface area (Å²) in [5, 5.41) is 72.6. The van der Waals surface area contributed by atoms with Gasteiger partial charge < -0.3 is 45.2 Å². The molecule has 244 valence electrons. The molecule has 0 aliphatic carbocycles. The molecular weight excluding hydrogens is 602 g/mol. The number of aliphatic hydroxyl groups excluding tert-OH is 4. The van der Waals surface area contributed by atoms with Crippen LogP contribution in [-0.2, 0) is 33.6 Å². The van der Waals surface area contributed by atoms with Crippen molar-refractivity contribution in [2.45, 2.75) is 75.3 Å². The van der Waals surface area contributed by atoms with E-state index in [9.17, 15) is 45.3 Å². The number of benzene rings is 2. The summed E-state index contributed by atoms with van der Waals surface area (Å²) in [5.74, 6) is -4.34. The normalized spacial score (nSPS) is 28.5. The van der Waals surface area contributed by atoms with Crippen LogP contribution in [0.1, 0.15) is 42.0 Å². The predicted molar refractivity (Wildman–Crippen MR) is 163 cm³/mol. The molecule has 7 N–H and O–H groups in total. The number of phenolic OH excluding ortho intramolecular Hbond substituents is 2. The Labute approximate surface area is 263 Å². The molecule has 6 atom stereocenters. The van der Waals surface area contributed by atoms with Crippen molar-refractivity contribution in [3.8, 4) is 17.2 Å². The number of hydrogen-bond donors (Lipinski definition) is 7. The van der Waals surface area contributed by atoms with E-state index in [4.69, 9.17) is 9.47 Å². The largest absolute Gasteiger partial charge is 0.508 e. The molecule has 14 heteroatoms. The molecule has 0 unspecified atom stereocenters. The lowest BCUT2D eigenvalue weighted by Gasteiger charge is -2.50. The van der Waals surface area contributed by atoms with E-state index in [-0.39, 0.29) is 36.4 Å². The molecule has 1 saturated heterocycles. The molecule has 4 heterocycles. The van der Waals surface area contributed by atoms with Gasteiger partial charge in [0.15, 0.2) is 11.5 Å². The molecule has 46 heavy (non-hydrogen) atoms. The number of carbonyl (C=O) groups excluding carboxylic acids is 1. The number of phenols is 2. The van der Waals surface area contributed by atoms with Gasteiger partial charge in [-0.2, -0.15) is 0 Å². The third-order valence-corrected chi connectivity index (χ3v) is 9.00. The van der Waals surface area contributed by atoms with Crippen LogP contribution < -0.4 is 9.64 Å². The zero-order valence-electron chi connectivity index (χ0n) is 24.9. The van der Waals surface area contributed by atoms with Gasteiger partial charge in [-0.15, -0.1) is 0 Å². The van der Waals surface area contributed by atoms with Gasteiger partial charge in [0.25, 0.3) is 5.91 Å². The molecule has 6 rings (SSSR count). The SMILES string of the molecule is CCC1=NCN=C1Cc1cc(/C=C/C(=O)N2c3c(cc(O)c4c3CC[C@@]3(O4)O[C@H](CO)[C@@H](O)[C@H](O)[C@H]3O)C[C@@H]2C(=O)O)ccc1O. The van der Waals surface area contributed by atoms with Gasteiger partial charge in [-0.3, -0.25) is 19.7 Å². The molecule has 2 aromatic carbocycles. The van der Waals surface area contributed by atoms with Gasteiger partial charge in [0.2, 0.25) is 5.79 Å². The molecule has 2 aromatic rings. The number of aromatic hydroxyl groups is 2. The quantitative estimate of drug-likeness (QED) is 0.207. The highest BCUT2D eigenvalue weighted by Gasteiger charge is 2.57. The van der Waals surface area contributed by atoms with Crippen molar-refractivity contribution in [2.75, 3.05) is 18.2 Å². The molecule has 4 aliphatic heterocycles. The molecule has 14 nitrogen and oxygen atoms in total. The van der Waals surface area contributed by atoms with Crippen LogP contribution in [0, 0.1) is 0 Å². The first kappa shape index (κ1) is 31.6. The number of carboxylic acid groups (broad SMARTS) is 1. The van der Waals surface area contributed by atoms with E-state index < -0.39 is 60.5 Å². The highest BCUT2D eigenvalue weighted by atomic mass is 16.7. The zero-order valence-corrected chi connectivity index (χ0v) is 24.9. The van der Waals surface area contributed by atoms with Gasteiger partial charge in [-0.25, -0.2) is 4.79 Å². The Balaban J connectivity index is 1.31. The highest BCUT2D eigenvalue weighted by Crippen LogP contribution is 2.51. The van der Waals surface area contributed by atoms with Crippen molar-refractivity contribution in [1.82, 2.24) is 0 Å². The van der Waals surface area contributed by atoms with Crippen molar-refractivity contribution < 1.29 is 54.8 Å². The maximum absolute atomic E-state index is 13.7. The number of fused-ring (bicyclic) bond motifs is 3. The summed E-state index contributed by atoms with van der Waals surface area (Å²) in [5.41, 5.74) is 3.78. The van der Waals surface area contributed by atoms with E-state index in [1.807, 2.05) is 6.92 Å². The van der Waals surface area contributed by atoms with Gasteiger partial charge in [0.1, 0.15) is 42.9 Å². The number of aliphatic imine (C=N–C) groups is 2. The van der Waals surface area contributed by atoms with Crippen molar-refractivity contribution in [2.24, 2.45) is 9.98 Å². The van der Waals surface area contributed by atoms with E-state index >= 15 is 0 Å². The number of carbonyl (C=O) groups is 2. The van der Waals surface area contributed by atoms with Gasteiger partial charge in [0.05, 0.1) is 23.7 Å². The second-order valence-electron chi connectivity index (χ2n) is 11.8. The number of carboxylic acids is 1. The predicted octanol–water partition coefficient (Wildman–Crippen LogP) is 0.454. The minimum absolute atomic E-state index is 0.0260. The number of nitrogens with zero attached hydrogens (tertiary/aromatic N) is 3. The second-order valence-corrected chi connectivity index (χ2v) is 11.8. The number of ether oxygens (including phenoxy) is 2.